The molecule has 0 amide bonds. The summed E-state index contributed by atoms with van der Waals surface area (Å²) in [6.45, 7) is 5.37. The van der Waals surface area contributed by atoms with E-state index in [4.69, 9.17) is 0 Å². The number of hydrogen-bond acceptors (Lipinski definition) is 4. The second kappa shape index (κ2) is 4.95. The van der Waals surface area contributed by atoms with Gasteiger partial charge >= 0.3 is 0 Å². The van der Waals surface area contributed by atoms with Crippen molar-refractivity contribution in [2.24, 2.45) is 0 Å². The van der Waals surface area contributed by atoms with Gasteiger partial charge in [-0.1, -0.05) is 11.6 Å². The number of H-pyrrole nitrogens is 1. The Labute approximate surface area is 129 Å². The molecule has 1 aliphatic rings. The number of Topliss-reactive ketones (excluding diaryl/α,β-unsaturated/α-hetero) is 1. The van der Waals surface area contributed by atoms with E-state index in [1.54, 1.807) is 26.0 Å². The highest BCUT2D eigenvalue weighted by molar-refractivity contribution is 7.93. The van der Waals surface area contributed by atoms with Crippen LogP contribution in [0.4, 0.5) is 5.69 Å². The monoisotopic (exact) mass is 319 g/mol. The molecule has 116 valence electrons. The Hall–Kier alpha value is -2.15. The maximum atomic E-state index is 13.0. The van der Waals surface area contributed by atoms with Gasteiger partial charge in [-0.2, -0.15) is 5.10 Å². The summed E-state index contributed by atoms with van der Waals surface area (Å²) in [4.78, 5) is 12.3. The van der Waals surface area contributed by atoms with Gasteiger partial charge in [-0.15, -0.1) is 0 Å². The number of aromatic amines is 1. The number of sulfonamides is 1. The summed E-state index contributed by atoms with van der Waals surface area (Å²) in [6.07, 6.45) is 0.186. The molecule has 3 rings (SSSR count). The van der Waals surface area contributed by atoms with Gasteiger partial charge in [0.05, 0.1) is 17.1 Å². The minimum Gasteiger partial charge on any atom is -0.294 e. The van der Waals surface area contributed by atoms with Crippen molar-refractivity contribution in [3.63, 3.8) is 0 Å². The third-order valence-electron chi connectivity index (χ3n) is 3.87. The van der Waals surface area contributed by atoms with Crippen molar-refractivity contribution in [3.8, 4) is 0 Å². The number of nitrogens with zero attached hydrogens (tertiary/aromatic N) is 2. The molecule has 0 fully saturated rings. The van der Waals surface area contributed by atoms with Crippen LogP contribution in [0.1, 0.15) is 33.7 Å². The molecule has 0 spiro atoms. The van der Waals surface area contributed by atoms with Gasteiger partial charge in [0.15, 0.2) is 5.78 Å². The first-order chi connectivity index (χ1) is 10.3. The van der Waals surface area contributed by atoms with Crippen LogP contribution in [0.5, 0.6) is 0 Å². The molecule has 0 unspecified atom stereocenters. The predicted molar refractivity (Wildman–Crippen MR) is 82.7 cm³/mol. The number of anilines is 1. The Morgan fingerprint density at radius 1 is 1.23 bits per heavy atom. The minimum atomic E-state index is -3.74. The smallest absolute Gasteiger partial charge is 0.268 e. The Balaban J connectivity index is 2.18. The van der Waals surface area contributed by atoms with E-state index in [0.29, 0.717) is 22.6 Å². The molecular formula is C15H17N3O3S. The van der Waals surface area contributed by atoms with Gasteiger partial charge in [0.1, 0.15) is 4.90 Å². The highest BCUT2D eigenvalue weighted by atomic mass is 32.2. The number of aromatic nitrogens is 2. The van der Waals surface area contributed by atoms with Gasteiger partial charge in [0, 0.05) is 18.5 Å². The molecule has 0 aliphatic carbocycles. The fraction of sp³-hybridized carbons (Fsp3) is 0.333. The molecule has 0 radical (unpaired) electrons. The van der Waals surface area contributed by atoms with E-state index in [-0.39, 0.29) is 23.6 Å². The summed E-state index contributed by atoms with van der Waals surface area (Å²) < 4.78 is 27.3. The normalized spacial score (nSPS) is 15.0. The second-order valence-corrected chi connectivity index (χ2v) is 7.33. The van der Waals surface area contributed by atoms with E-state index >= 15 is 0 Å². The standard InChI is InChI=1S/C15H17N3O3S/c1-9-4-5-13-12(8-9)14(19)6-7-18(13)22(20,21)15-10(2)16-17-11(15)3/h4-5,8H,6-7H2,1-3H3,(H,16,17). The molecule has 2 aromatic rings. The minimum absolute atomic E-state index is 0.0224. The highest BCUT2D eigenvalue weighted by Gasteiger charge is 2.35. The second-order valence-electron chi connectivity index (χ2n) is 5.53. The maximum Gasteiger partial charge on any atom is 0.268 e. The molecule has 0 bridgehead atoms. The number of rotatable bonds is 2. The lowest BCUT2D eigenvalue weighted by Gasteiger charge is -2.30. The topological polar surface area (TPSA) is 83.1 Å². The van der Waals surface area contributed by atoms with Crippen LogP contribution >= 0.6 is 0 Å². The molecule has 7 heteroatoms. The molecule has 1 N–H and O–H groups in total. The van der Waals surface area contributed by atoms with Gasteiger partial charge in [0.2, 0.25) is 0 Å². The van der Waals surface area contributed by atoms with Crippen molar-refractivity contribution >= 4 is 21.5 Å². The lowest BCUT2D eigenvalue weighted by atomic mass is 10.0. The molecule has 1 aromatic carbocycles. The van der Waals surface area contributed by atoms with Crippen LogP contribution in [0.2, 0.25) is 0 Å². The molecule has 2 heterocycles. The van der Waals surface area contributed by atoms with Gasteiger partial charge in [-0.3, -0.25) is 14.2 Å². The predicted octanol–water partition coefficient (Wildman–Crippen LogP) is 2.12. The zero-order chi connectivity index (χ0) is 16.1. The molecular weight excluding hydrogens is 302 g/mol. The van der Waals surface area contributed by atoms with Crippen LogP contribution in [0.3, 0.4) is 0 Å². The lowest BCUT2D eigenvalue weighted by molar-refractivity contribution is 0.0982. The summed E-state index contributed by atoms with van der Waals surface area (Å²) in [6, 6.07) is 5.26. The number of ketones is 1. The van der Waals surface area contributed by atoms with Crippen LogP contribution in [-0.4, -0.2) is 30.9 Å². The van der Waals surface area contributed by atoms with E-state index in [1.807, 2.05) is 13.0 Å². The van der Waals surface area contributed by atoms with Crippen molar-refractivity contribution in [3.05, 3.63) is 40.7 Å². The highest BCUT2D eigenvalue weighted by Crippen LogP contribution is 2.33. The van der Waals surface area contributed by atoms with Gasteiger partial charge in [-0.05, 0) is 32.9 Å². The Morgan fingerprint density at radius 3 is 2.59 bits per heavy atom. The molecule has 0 saturated carbocycles. The van der Waals surface area contributed by atoms with Crippen molar-refractivity contribution in [2.75, 3.05) is 10.8 Å². The summed E-state index contributed by atoms with van der Waals surface area (Å²) in [5, 5.41) is 6.67. The molecule has 1 aliphatic heterocycles. The molecule has 22 heavy (non-hydrogen) atoms. The van der Waals surface area contributed by atoms with Gasteiger partial charge in [-0.25, -0.2) is 8.42 Å². The molecule has 1 aromatic heterocycles. The van der Waals surface area contributed by atoms with Gasteiger partial charge < -0.3 is 0 Å². The maximum absolute atomic E-state index is 13.0. The van der Waals surface area contributed by atoms with E-state index in [2.05, 4.69) is 10.2 Å². The molecule has 0 atom stereocenters. The quantitative estimate of drug-likeness (QED) is 0.919. The first kappa shape index (κ1) is 14.8. The SMILES string of the molecule is Cc1ccc2c(c1)C(=O)CCN2S(=O)(=O)c1c(C)n[nH]c1C. The van der Waals surface area contributed by atoms with Crippen molar-refractivity contribution < 1.29 is 13.2 Å². The summed E-state index contributed by atoms with van der Waals surface area (Å²) >= 11 is 0. The number of benzene rings is 1. The summed E-state index contributed by atoms with van der Waals surface area (Å²) in [5.41, 5.74) is 2.78. The molecule has 0 saturated heterocycles. The average Bonchev–Trinajstić information content (AvgIpc) is 2.79. The van der Waals surface area contributed by atoms with Gasteiger partial charge in [0.25, 0.3) is 10.0 Å². The third kappa shape index (κ3) is 2.12. The fourth-order valence-electron chi connectivity index (χ4n) is 2.83. The van der Waals surface area contributed by atoms with Crippen LogP contribution < -0.4 is 4.31 Å². The number of fused-ring (bicyclic) bond motifs is 1. The largest absolute Gasteiger partial charge is 0.294 e. The van der Waals surface area contributed by atoms with E-state index in [9.17, 15) is 13.2 Å². The third-order valence-corrected chi connectivity index (χ3v) is 5.95. The Bertz CT molecular complexity index is 849. The first-order valence-electron chi connectivity index (χ1n) is 7.00. The number of hydrogen-bond donors (Lipinski definition) is 1. The van der Waals surface area contributed by atoms with Crippen LogP contribution in [0.15, 0.2) is 23.1 Å². The van der Waals surface area contributed by atoms with E-state index in [0.717, 1.165) is 5.56 Å². The average molecular weight is 319 g/mol. The van der Waals surface area contributed by atoms with Crippen LogP contribution in [-0.2, 0) is 10.0 Å². The Morgan fingerprint density at radius 2 is 1.95 bits per heavy atom. The summed E-state index contributed by atoms with van der Waals surface area (Å²) in [5.74, 6) is -0.0224. The van der Waals surface area contributed by atoms with E-state index < -0.39 is 10.0 Å². The van der Waals surface area contributed by atoms with Crippen molar-refractivity contribution in [2.45, 2.75) is 32.1 Å². The first-order valence-corrected chi connectivity index (χ1v) is 8.44. The fourth-order valence-corrected chi connectivity index (χ4v) is 4.65. The lowest BCUT2D eigenvalue weighted by Crippen LogP contribution is -2.37. The van der Waals surface area contributed by atoms with Crippen molar-refractivity contribution in [1.29, 1.82) is 0 Å². The van der Waals surface area contributed by atoms with Crippen molar-refractivity contribution in [1.82, 2.24) is 10.2 Å². The zero-order valence-corrected chi connectivity index (χ0v) is 13.5. The number of carbonyl (C=O) groups excluding carboxylic acids is 1. The Kier molecular flexibility index (Phi) is 3.32. The zero-order valence-electron chi connectivity index (χ0n) is 12.7. The van der Waals surface area contributed by atoms with Crippen LogP contribution in [0, 0.1) is 20.8 Å². The summed E-state index contributed by atoms with van der Waals surface area (Å²) in [7, 11) is -3.74. The van der Waals surface area contributed by atoms with Crippen LogP contribution in [0.25, 0.3) is 0 Å². The number of aryl methyl sites for hydroxylation is 3. The number of carbonyl (C=O) groups is 1. The molecule has 6 nitrogen and oxygen atoms in total. The van der Waals surface area contributed by atoms with E-state index in [1.165, 1.54) is 4.31 Å². The number of nitrogens with one attached hydrogen (secondary N) is 1.